The summed E-state index contributed by atoms with van der Waals surface area (Å²) >= 11 is 0. The van der Waals surface area contributed by atoms with E-state index in [1.54, 1.807) is 18.5 Å². The van der Waals surface area contributed by atoms with Crippen molar-refractivity contribution in [2.45, 2.75) is 19.3 Å². The molecule has 3 aromatic rings. The third kappa shape index (κ3) is 3.28. The van der Waals surface area contributed by atoms with Gasteiger partial charge in [-0.05, 0) is 37.0 Å². The van der Waals surface area contributed by atoms with Crippen molar-refractivity contribution in [3.8, 4) is 0 Å². The van der Waals surface area contributed by atoms with Crippen LogP contribution in [-0.2, 0) is 22.4 Å². The molecule has 2 amide bonds. The summed E-state index contributed by atoms with van der Waals surface area (Å²) in [4.78, 5) is 28.9. The number of hydrogen-bond donors (Lipinski definition) is 3. The van der Waals surface area contributed by atoms with E-state index in [1.165, 1.54) is 0 Å². The molecule has 7 nitrogen and oxygen atoms in total. The summed E-state index contributed by atoms with van der Waals surface area (Å²) in [5.74, 6) is -0.480. The fourth-order valence-electron chi connectivity index (χ4n) is 3.35. The van der Waals surface area contributed by atoms with Crippen molar-refractivity contribution in [2.75, 3.05) is 11.9 Å². The van der Waals surface area contributed by atoms with Crippen LogP contribution in [0, 0.1) is 5.92 Å². The molecule has 2 heterocycles. The number of nitrogens with one attached hydrogen (secondary N) is 3. The van der Waals surface area contributed by atoms with E-state index < -0.39 is 0 Å². The van der Waals surface area contributed by atoms with Gasteiger partial charge in [-0.2, -0.15) is 5.10 Å². The van der Waals surface area contributed by atoms with Gasteiger partial charge in [-0.3, -0.25) is 19.7 Å². The zero-order valence-corrected chi connectivity index (χ0v) is 14.2. The lowest BCUT2D eigenvalue weighted by molar-refractivity contribution is -0.127. The number of rotatable bonds is 4. The number of carbonyl (C=O) groups is 2. The number of nitrogens with zero attached hydrogens (tertiary/aromatic N) is 2. The molecule has 0 radical (unpaired) electrons. The molecule has 0 bridgehead atoms. The Bertz CT molecular complexity index is 960. The monoisotopic (exact) mass is 349 g/mol. The van der Waals surface area contributed by atoms with Crippen LogP contribution in [0.15, 0.2) is 42.7 Å². The third-order valence-electron chi connectivity index (χ3n) is 4.72. The summed E-state index contributed by atoms with van der Waals surface area (Å²) in [5, 5.41) is 13.5. The Kier molecular flexibility index (Phi) is 4.35. The second-order valence-corrected chi connectivity index (χ2v) is 6.46. The molecular weight excluding hydrogens is 330 g/mol. The summed E-state index contributed by atoms with van der Waals surface area (Å²) in [7, 11) is 0. The van der Waals surface area contributed by atoms with Crippen LogP contribution in [0.5, 0.6) is 0 Å². The van der Waals surface area contributed by atoms with Crippen molar-refractivity contribution in [3.63, 3.8) is 0 Å². The molecule has 3 N–H and O–H groups in total. The predicted molar refractivity (Wildman–Crippen MR) is 97.5 cm³/mol. The number of aromatic amines is 1. The Morgan fingerprint density at radius 2 is 2.12 bits per heavy atom. The van der Waals surface area contributed by atoms with E-state index in [9.17, 15) is 9.59 Å². The molecule has 1 aliphatic carbocycles. The van der Waals surface area contributed by atoms with Crippen LogP contribution >= 0.6 is 0 Å². The van der Waals surface area contributed by atoms with Gasteiger partial charge in [0, 0.05) is 23.2 Å². The average molecular weight is 349 g/mol. The van der Waals surface area contributed by atoms with Crippen molar-refractivity contribution in [1.82, 2.24) is 20.5 Å². The SMILES string of the molecule is O=C(CNC(=O)C1CCc2[nH]ncc2C1)Nc1cccc2cccnc12. The van der Waals surface area contributed by atoms with E-state index in [0.717, 1.165) is 35.0 Å². The molecule has 4 rings (SSSR count). The molecule has 1 aliphatic rings. The van der Waals surface area contributed by atoms with Crippen molar-refractivity contribution in [1.29, 1.82) is 0 Å². The quantitative estimate of drug-likeness (QED) is 0.669. The highest BCUT2D eigenvalue weighted by atomic mass is 16.2. The highest BCUT2D eigenvalue weighted by Crippen LogP contribution is 2.24. The molecule has 1 aromatic carbocycles. The first-order valence-electron chi connectivity index (χ1n) is 8.63. The first kappa shape index (κ1) is 16.3. The molecule has 0 saturated carbocycles. The minimum atomic E-state index is -0.267. The summed E-state index contributed by atoms with van der Waals surface area (Å²) < 4.78 is 0. The highest BCUT2D eigenvalue weighted by molar-refractivity contribution is 6.01. The Hall–Kier alpha value is -3.22. The second-order valence-electron chi connectivity index (χ2n) is 6.46. The number of fused-ring (bicyclic) bond motifs is 2. The number of hydrogen-bond acceptors (Lipinski definition) is 4. The fourth-order valence-corrected chi connectivity index (χ4v) is 3.35. The Morgan fingerprint density at radius 1 is 1.23 bits per heavy atom. The largest absolute Gasteiger partial charge is 0.347 e. The van der Waals surface area contributed by atoms with E-state index >= 15 is 0 Å². The van der Waals surface area contributed by atoms with Crippen LogP contribution in [0.3, 0.4) is 0 Å². The predicted octanol–water partition coefficient (Wildman–Crippen LogP) is 1.82. The van der Waals surface area contributed by atoms with Gasteiger partial charge in [-0.25, -0.2) is 0 Å². The number of pyridine rings is 1. The summed E-state index contributed by atoms with van der Waals surface area (Å²) in [6.45, 7) is -0.0587. The number of anilines is 1. The zero-order chi connectivity index (χ0) is 17.9. The first-order valence-corrected chi connectivity index (χ1v) is 8.63. The normalized spacial score (nSPS) is 16.1. The number of H-pyrrole nitrogens is 1. The molecule has 1 unspecified atom stereocenters. The molecule has 0 aliphatic heterocycles. The van der Waals surface area contributed by atoms with Crippen LogP contribution in [-0.4, -0.2) is 33.5 Å². The highest BCUT2D eigenvalue weighted by Gasteiger charge is 2.25. The van der Waals surface area contributed by atoms with E-state index in [-0.39, 0.29) is 24.3 Å². The van der Waals surface area contributed by atoms with Crippen molar-refractivity contribution < 1.29 is 9.59 Å². The minimum Gasteiger partial charge on any atom is -0.347 e. The van der Waals surface area contributed by atoms with Gasteiger partial charge in [-0.1, -0.05) is 18.2 Å². The summed E-state index contributed by atoms with van der Waals surface area (Å²) in [6.07, 6.45) is 5.69. The standard InChI is InChI=1S/C19H19N5O2/c25-17(23-16-5-1-3-12-4-2-8-20-18(12)16)11-21-19(26)13-6-7-15-14(9-13)10-22-24-15/h1-5,8,10,13H,6-7,9,11H2,(H,21,26)(H,22,24)(H,23,25). The Balaban J connectivity index is 1.35. The third-order valence-corrected chi connectivity index (χ3v) is 4.72. The number of carbonyl (C=O) groups excluding carboxylic acids is 2. The van der Waals surface area contributed by atoms with E-state index in [0.29, 0.717) is 12.1 Å². The second kappa shape index (κ2) is 6.95. The molecule has 132 valence electrons. The molecule has 0 spiro atoms. The molecule has 0 saturated heterocycles. The zero-order valence-electron chi connectivity index (χ0n) is 14.2. The number of aryl methyl sites for hydroxylation is 1. The van der Waals surface area contributed by atoms with E-state index in [1.807, 2.05) is 24.3 Å². The number of aromatic nitrogens is 3. The van der Waals surface area contributed by atoms with Crippen LogP contribution in [0.25, 0.3) is 10.9 Å². The molecule has 7 heteroatoms. The smallest absolute Gasteiger partial charge is 0.243 e. The molecule has 0 fully saturated rings. The van der Waals surface area contributed by atoms with Crippen molar-refractivity contribution >= 4 is 28.4 Å². The molecule has 2 aromatic heterocycles. The lowest BCUT2D eigenvalue weighted by Gasteiger charge is -2.20. The van der Waals surface area contributed by atoms with E-state index in [2.05, 4.69) is 25.8 Å². The van der Waals surface area contributed by atoms with Crippen LogP contribution in [0.1, 0.15) is 17.7 Å². The Morgan fingerprint density at radius 3 is 3.04 bits per heavy atom. The van der Waals surface area contributed by atoms with Crippen molar-refractivity contribution in [2.24, 2.45) is 5.92 Å². The maximum atomic E-state index is 12.4. The summed E-state index contributed by atoms with van der Waals surface area (Å²) in [6, 6.07) is 9.39. The van der Waals surface area contributed by atoms with Gasteiger partial charge in [0.05, 0.1) is 23.9 Å². The Labute approximate surface area is 150 Å². The van der Waals surface area contributed by atoms with Crippen LogP contribution in [0.4, 0.5) is 5.69 Å². The molecular formula is C19H19N5O2. The van der Waals surface area contributed by atoms with Gasteiger partial charge >= 0.3 is 0 Å². The summed E-state index contributed by atoms with van der Waals surface area (Å²) in [5.41, 5.74) is 3.57. The maximum Gasteiger partial charge on any atom is 0.243 e. The van der Waals surface area contributed by atoms with Crippen LogP contribution < -0.4 is 10.6 Å². The maximum absolute atomic E-state index is 12.4. The fraction of sp³-hybridized carbons (Fsp3) is 0.263. The number of benzene rings is 1. The number of amides is 2. The van der Waals surface area contributed by atoms with Gasteiger partial charge in [0.15, 0.2) is 0 Å². The lowest BCUT2D eigenvalue weighted by atomic mass is 9.87. The minimum absolute atomic E-state index is 0.0587. The topological polar surface area (TPSA) is 99.8 Å². The van der Waals surface area contributed by atoms with Gasteiger partial charge < -0.3 is 10.6 Å². The molecule has 26 heavy (non-hydrogen) atoms. The molecule has 1 atom stereocenters. The average Bonchev–Trinajstić information content (AvgIpc) is 3.14. The van der Waals surface area contributed by atoms with Gasteiger partial charge in [0.25, 0.3) is 0 Å². The first-order chi connectivity index (χ1) is 12.7. The van der Waals surface area contributed by atoms with E-state index in [4.69, 9.17) is 0 Å². The lowest BCUT2D eigenvalue weighted by Crippen LogP contribution is -2.38. The van der Waals surface area contributed by atoms with Gasteiger partial charge in [-0.15, -0.1) is 0 Å². The number of para-hydroxylation sites is 1. The van der Waals surface area contributed by atoms with Gasteiger partial charge in [0.1, 0.15) is 0 Å². The van der Waals surface area contributed by atoms with Gasteiger partial charge in [0.2, 0.25) is 11.8 Å². The van der Waals surface area contributed by atoms with Crippen molar-refractivity contribution in [3.05, 3.63) is 54.0 Å². The van der Waals surface area contributed by atoms with Crippen LogP contribution in [0.2, 0.25) is 0 Å².